The van der Waals surface area contributed by atoms with E-state index in [-0.39, 0.29) is 12.5 Å². The van der Waals surface area contributed by atoms with Gasteiger partial charge in [0.1, 0.15) is 0 Å². The Hall–Kier alpha value is -1.07. The van der Waals surface area contributed by atoms with Crippen LogP contribution in [-0.4, -0.2) is 25.5 Å². The van der Waals surface area contributed by atoms with E-state index in [1.165, 1.54) is 0 Å². The fraction of sp³-hybridized carbons (Fsp3) is 0.300. The molecule has 15 heavy (non-hydrogen) atoms. The summed E-state index contributed by atoms with van der Waals surface area (Å²) < 4.78 is 1.06. The molecule has 1 rings (SSSR count). The Morgan fingerprint density at radius 2 is 1.93 bits per heavy atom. The molecule has 0 aliphatic carbocycles. The molecule has 0 saturated heterocycles. The van der Waals surface area contributed by atoms with E-state index in [4.69, 9.17) is 5.73 Å². The summed E-state index contributed by atoms with van der Waals surface area (Å²) in [6, 6.07) is 7.91. The molecule has 1 aromatic rings. The maximum atomic E-state index is 10.4. The predicted molar refractivity (Wildman–Crippen MR) is 64.7 cm³/mol. The van der Waals surface area contributed by atoms with E-state index in [9.17, 15) is 4.79 Å². The zero-order valence-corrected chi connectivity index (χ0v) is 9.88. The lowest BCUT2D eigenvalue weighted by atomic mass is 10.3. The highest BCUT2D eigenvalue weighted by atomic mass is 79.9. The maximum absolute atomic E-state index is 10.4. The lowest BCUT2D eigenvalue weighted by Crippen LogP contribution is -2.31. The van der Waals surface area contributed by atoms with Gasteiger partial charge in [0.2, 0.25) is 5.91 Å². The highest BCUT2D eigenvalue weighted by molar-refractivity contribution is 9.10. The minimum atomic E-state index is -0.335. The van der Waals surface area contributed by atoms with Crippen LogP contribution < -0.4 is 16.4 Å². The van der Waals surface area contributed by atoms with Gasteiger partial charge in [-0.05, 0) is 24.3 Å². The summed E-state index contributed by atoms with van der Waals surface area (Å²) in [5, 5.41) is 6.13. The Balaban J connectivity index is 2.15. The van der Waals surface area contributed by atoms with Crippen LogP contribution in [0.5, 0.6) is 0 Å². The summed E-state index contributed by atoms with van der Waals surface area (Å²) in [6.07, 6.45) is 0. The number of amides is 1. The molecule has 4 nitrogen and oxygen atoms in total. The van der Waals surface area contributed by atoms with E-state index in [1.807, 2.05) is 24.3 Å². The Kier molecular flexibility index (Phi) is 5.14. The Labute approximate surface area is 97.4 Å². The van der Waals surface area contributed by atoms with Crippen LogP contribution in [0.2, 0.25) is 0 Å². The van der Waals surface area contributed by atoms with Gasteiger partial charge >= 0.3 is 0 Å². The number of halogens is 1. The van der Waals surface area contributed by atoms with Gasteiger partial charge < -0.3 is 16.4 Å². The van der Waals surface area contributed by atoms with Crippen LogP contribution in [0.15, 0.2) is 28.7 Å². The molecule has 82 valence electrons. The van der Waals surface area contributed by atoms with Crippen molar-refractivity contribution in [2.75, 3.05) is 25.0 Å². The van der Waals surface area contributed by atoms with Crippen LogP contribution >= 0.6 is 15.9 Å². The summed E-state index contributed by atoms with van der Waals surface area (Å²) in [4.78, 5) is 10.4. The molecule has 1 amide bonds. The zero-order chi connectivity index (χ0) is 11.1. The fourth-order valence-corrected chi connectivity index (χ4v) is 1.34. The first-order chi connectivity index (χ1) is 7.18. The van der Waals surface area contributed by atoms with Crippen LogP contribution in [-0.2, 0) is 4.79 Å². The van der Waals surface area contributed by atoms with Gasteiger partial charge in [-0.25, -0.2) is 0 Å². The molecule has 5 heteroatoms. The summed E-state index contributed by atoms with van der Waals surface area (Å²) in [5.41, 5.74) is 6.03. The van der Waals surface area contributed by atoms with Crippen LogP contribution in [0.1, 0.15) is 0 Å². The minimum Gasteiger partial charge on any atom is -0.384 e. The fourth-order valence-electron chi connectivity index (χ4n) is 1.07. The van der Waals surface area contributed by atoms with Gasteiger partial charge in [0.15, 0.2) is 0 Å². The van der Waals surface area contributed by atoms with Crippen LogP contribution in [0, 0.1) is 0 Å². The molecular formula is C10H14BrN3O. The van der Waals surface area contributed by atoms with Crippen molar-refractivity contribution in [1.29, 1.82) is 0 Å². The second kappa shape index (κ2) is 6.42. The van der Waals surface area contributed by atoms with E-state index in [0.717, 1.165) is 16.7 Å². The number of anilines is 1. The Morgan fingerprint density at radius 1 is 1.27 bits per heavy atom. The molecule has 0 radical (unpaired) electrons. The first-order valence-corrected chi connectivity index (χ1v) is 5.46. The van der Waals surface area contributed by atoms with Crippen molar-refractivity contribution < 1.29 is 4.79 Å². The highest BCUT2D eigenvalue weighted by Gasteiger charge is 1.93. The maximum Gasteiger partial charge on any atom is 0.231 e. The molecule has 1 aromatic carbocycles. The van der Waals surface area contributed by atoms with Crippen molar-refractivity contribution in [3.8, 4) is 0 Å². The standard InChI is InChI=1S/C10H14BrN3O/c11-8-1-3-9(4-2-8)14-6-5-13-7-10(12)15/h1-4,13-14H,5-7H2,(H2,12,15). The topological polar surface area (TPSA) is 67.2 Å². The van der Waals surface area contributed by atoms with Gasteiger partial charge in [-0.3, -0.25) is 4.79 Å². The third-order valence-corrected chi connectivity index (χ3v) is 2.30. The number of primary amides is 1. The number of hydrogen-bond donors (Lipinski definition) is 3. The van der Waals surface area contributed by atoms with Gasteiger partial charge in [0.05, 0.1) is 6.54 Å². The number of rotatable bonds is 6. The molecule has 0 atom stereocenters. The van der Waals surface area contributed by atoms with E-state index in [2.05, 4.69) is 26.6 Å². The van der Waals surface area contributed by atoms with Crippen molar-refractivity contribution in [2.45, 2.75) is 0 Å². The smallest absolute Gasteiger partial charge is 0.231 e. The summed E-state index contributed by atoms with van der Waals surface area (Å²) in [7, 11) is 0. The van der Waals surface area contributed by atoms with E-state index < -0.39 is 0 Å². The molecule has 0 spiro atoms. The van der Waals surface area contributed by atoms with Gasteiger partial charge in [-0.1, -0.05) is 15.9 Å². The molecule has 0 aromatic heterocycles. The molecule has 0 aliphatic rings. The van der Waals surface area contributed by atoms with E-state index >= 15 is 0 Å². The second-order valence-electron chi connectivity index (χ2n) is 3.08. The summed E-state index contributed by atoms with van der Waals surface area (Å²) in [6.45, 7) is 1.69. The molecule has 0 heterocycles. The number of carbonyl (C=O) groups excluding carboxylic acids is 1. The molecule has 0 aliphatic heterocycles. The van der Waals surface area contributed by atoms with E-state index in [1.54, 1.807) is 0 Å². The minimum absolute atomic E-state index is 0.224. The quantitative estimate of drug-likeness (QED) is 0.675. The van der Waals surface area contributed by atoms with Crippen molar-refractivity contribution >= 4 is 27.5 Å². The highest BCUT2D eigenvalue weighted by Crippen LogP contribution is 2.13. The zero-order valence-electron chi connectivity index (χ0n) is 8.29. The summed E-state index contributed by atoms with van der Waals surface area (Å²) in [5.74, 6) is -0.335. The molecule has 4 N–H and O–H groups in total. The molecule has 0 fully saturated rings. The number of nitrogens with two attached hydrogens (primary N) is 1. The second-order valence-corrected chi connectivity index (χ2v) is 3.99. The third-order valence-electron chi connectivity index (χ3n) is 1.77. The molecular weight excluding hydrogens is 258 g/mol. The predicted octanol–water partition coefficient (Wildman–Crippen LogP) is 0.936. The molecule has 0 bridgehead atoms. The Bertz CT molecular complexity index is 313. The number of benzene rings is 1. The third kappa shape index (κ3) is 5.39. The van der Waals surface area contributed by atoms with E-state index in [0.29, 0.717) is 6.54 Å². The van der Waals surface area contributed by atoms with Gasteiger partial charge in [0.25, 0.3) is 0 Å². The van der Waals surface area contributed by atoms with Crippen molar-refractivity contribution in [3.63, 3.8) is 0 Å². The first kappa shape index (κ1) is 12.0. The van der Waals surface area contributed by atoms with Crippen molar-refractivity contribution in [2.24, 2.45) is 5.73 Å². The summed E-state index contributed by atoms with van der Waals surface area (Å²) >= 11 is 3.36. The molecule has 0 saturated carbocycles. The first-order valence-electron chi connectivity index (χ1n) is 4.67. The lowest BCUT2D eigenvalue weighted by molar-refractivity contribution is -0.117. The normalized spacial score (nSPS) is 9.93. The Morgan fingerprint density at radius 3 is 2.53 bits per heavy atom. The number of nitrogens with one attached hydrogen (secondary N) is 2. The lowest BCUT2D eigenvalue weighted by Gasteiger charge is -2.06. The number of hydrogen-bond acceptors (Lipinski definition) is 3. The monoisotopic (exact) mass is 271 g/mol. The van der Waals surface area contributed by atoms with Crippen LogP contribution in [0.4, 0.5) is 5.69 Å². The van der Waals surface area contributed by atoms with Gasteiger partial charge in [-0.15, -0.1) is 0 Å². The van der Waals surface area contributed by atoms with Crippen LogP contribution in [0.3, 0.4) is 0 Å². The van der Waals surface area contributed by atoms with Crippen molar-refractivity contribution in [3.05, 3.63) is 28.7 Å². The molecule has 0 unspecified atom stereocenters. The number of carbonyl (C=O) groups is 1. The SMILES string of the molecule is NC(=O)CNCCNc1ccc(Br)cc1. The largest absolute Gasteiger partial charge is 0.384 e. The average Bonchev–Trinajstić information content (AvgIpc) is 2.20. The van der Waals surface area contributed by atoms with Crippen molar-refractivity contribution in [1.82, 2.24) is 5.32 Å². The van der Waals surface area contributed by atoms with Gasteiger partial charge in [-0.2, -0.15) is 0 Å². The average molecular weight is 272 g/mol. The van der Waals surface area contributed by atoms with Gasteiger partial charge in [0, 0.05) is 23.2 Å². The van der Waals surface area contributed by atoms with Crippen LogP contribution in [0.25, 0.3) is 0 Å².